The van der Waals surface area contributed by atoms with E-state index in [0.717, 1.165) is 4.90 Å². The van der Waals surface area contributed by atoms with Gasteiger partial charge in [-0.3, -0.25) is 29.0 Å². The Morgan fingerprint density at radius 2 is 1.24 bits per heavy atom. The van der Waals surface area contributed by atoms with E-state index in [9.17, 15) is 19.2 Å². The van der Waals surface area contributed by atoms with E-state index in [1.165, 1.54) is 18.9 Å². The van der Waals surface area contributed by atoms with Crippen LogP contribution in [0.4, 0.5) is 0 Å². The van der Waals surface area contributed by atoms with E-state index in [1.807, 2.05) is 0 Å². The summed E-state index contributed by atoms with van der Waals surface area (Å²) in [4.78, 5) is 51.6. The Balaban J connectivity index is 5.15. The van der Waals surface area contributed by atoms with E-state index in [4.69, 9.17) is 0 Å². The minimum Gasteiger partial charge on any atom is -0.285 e. The van der Waals surface area contributed by atoms with Gasteiger partial charge in [0.2, 0.25) is 23.6 Å². The van der Waals surface area contributed by atoms with Crippen molar-refractivity contribution in [1.29, 1.82) is 0 Å². The monoisotopic (exact) mass is 354 g/mol. The molecule has 0 spiro atoms. The van der Waals surface area contributed by atoms with Crippen LogP contribution in [0.2, 0.25) is 0 Å². The van der Waals surface area contributed by atoms with Crippen LogP contribution >= 0.6 is 0 Å². The van der Waals surface area contributed by atoms with Crippen molar-refractivity contribution in [2.45, 2.75) is 80.7 Å². The van der Waals surface area contributed by atoms with E-state index in [0.29, 0.717) is 0 Å². The molecule has 0 aliphatic carbocycles. The van der Waals surface area contributed by atoms with Crippen LogP contribution in [0.15, 0.2) is 0 Å². The molecule has 0 fully saturated rings. The number of hydrogen-bond donors (Lipinski definition) is 0. The second-order valence-electron chi connectivity index (χ2n) is 9.22. The number of carbonyl (C=O) groups excluding carboxylic acids is 4. The zero-order chi connectivity index (χ0) is 20.4. The standard InChI is InChI=1S/C19H34N2O4/c1-13(22)21(18(5,6)7)16(25)19(8,9)12-11-14(23)20(10)15(24)17(2,3)4/h11-12H2,1-10H3. The lowest BCUT2D eigenvalue weighted by molar-refractivity contribution is -0.155. The van der Waals surface area contributed by atoms with Gasteiger partial charge in [0.15, 0.2) is 0 Å². The zero-order valence-corrected chi connectivity index (χ0v) is 17.4. The smallest absolute Gasteiger partial charge is 0.235 e. The third kappa shape index (κ3) is 6.25. The summed E-state index contributed by atoms with van der Waals surface area (Å²) in [5.41, 5.74) is -2.17. The largest absolute Gasteiger partial charge is 0.285 e. The Kier molecular flexibility index (Phi) is 7.14. The maximum absolute atomic E-state index is 12.8. The Morgan fingerprint density at radius 3 is 1.56 bits per heavy atom. The molecule has 0 aliphatic heterocycles. The molecule has 0 bridgehead atoms. The molecule has 25 heavy (non-hydrogen) atoms. The van der Waals surface area contributed by atoms with Gasteiger partial charge in [-0.25, -0.2) is 0 Å². The molecular formula is C19H34N2O4. The van der Waals surface area contributed by atoms with Gasteiger partial charge in [-0.1, -0.05) is 34.6 Å². The van der Waals surface area contributed by atoms with E-state index < -0.39 is 16.4 Å². The number of nitrogens with zero attached hydrogens (tertiary/aromatic N) is 2. The fraction of sp³-hybridized carbons (Fsp3) is 0.789. The summed E-state index contributed by atoms with van der Waals surface area (Å²) >= 11 is 0. The van der Waals surface area contributed by atoms with Crippen molar-refractivity contribution in [3.05, 3.63) is 0 Å². The molecule has 6 nitrogen and oxygen atoms in total. The van der Waals surface area contributed by atoms with Gasteiger partial charge < -0.3 is 0 Å². The summed E-state index contributed by atoms with van der Waals surface area (Å²) in [6.45, 7) is 15.4. The van der Waals surface area contributed by atoms with Crippen molar-refractivity contribution in [2.24, 2.45) is 10.8 Å². The van der Waals surface area contributed by atoms with Crippen LogP contribution in [-0.2, 0) is 19.2 Å². The van der Waals surface area contributed by atoms with Gasteiger partial charge in [0.25, 0.3) is 0 Å². The van der Waals surface area contributed by atoms with Crippen LogP contribution in [0.3, 0.4) is 0 Å². The number of amides is 4. The van der Waals surface area contributed by atoms with Gasteiger partial charge in [-0.15, -0.1) is 0 Å². The highest BCUT2D eigenvalue weighted by molar-refractivity contribution is 5.99. The third-order valence-electron chi connectivity index (χ3n) is 4.05. The van der Waals surface area contributed by atoms with E-state index in [-0.39, 0.29) is 36.5 Å². The fourth-order valence-electron chi connectivity index (χ4n) is 2.53. The highest BCUT2D eigenvalue weighted by Gasteiger charge is 2.40. The molecule has 0 aliphatic rings. The molecule has 0 atom stereocenters. The molecule has 0 N–H and O–H groups in total. The van der Waals surface area contributed by atoms with Crippen LogP contribution < -0.4 is 0 Å². The molecule has 144 valence electrons. The average Bonchev–Trinajstić information content (AvgIpc) is 2.40. The Bertz CT molecular complexity index is 551. The molecule has 6 heteroatoms. The summed E-state index contributed by atoms with van der Waals surface area (Å²) in [7, 11) is 1.46. The molecule has 0 radical (unpaired) electrons. The van der Waals surface area contributed by atoms with Crippen LogP contribution in [0.25, 0.3) is 0 Å². The van der Waals surface area contributed by atoms with Crippen molar-refractivity contribution < 1.29 is 19.2 Å². The summed E-state index contributed by atoms with van der Waals surface area (Å²) in [6, 6.07) is 0. The van der Waals surface area contributed by atoms with Gasteiger partial charge in [-0.05, 0) is 27.2 Å². The lowest BCUT2D eigenvalue weighted by atomic mass is 9.84. The highest BCUT2D eigenvalue weighted by atomic mass is 16.2. The minimum atomic E-state index is -0.889. The molecule has 4 amide bonds. The molecule has 0 rings (SSSR count). The van der Waals surface area contributed by atoms with Gasteiger partial charge in [-0.2, -0.15) is 0 Å². The van der Waals surface area contributed by atoms with Crippen molar-refractivity contribution in [2.75, 3.05) is 7.05 Å². The lowest BCUT2D eigenvalue weighted by Crippen LogP contribution is -2.53. The zero-order valence-electron chi connectivity index (χ0n) is 17.4. The van der Waals surface area contributed by atoms with E-state index >= 15 is 0 Å². The molecule has 0 aromatic carbocycles. The normalized spacial score (nSPS) is 12.6. The molecule has 0 saturated carbocycles. The fourth-order valence-corrected chi connectivity index (χ4v) is 2.53. The first-order chi connectivity index (χ1) is 10.9. The SMILES string of the molecule is CC(=O)N(C(=O)C(C)(C)CCC(=O)N(C)C(=O)C(C)(C)C)C(C)(C)C. The van der Waals surface area contributed by atoms with Crippen molar-refractivity contribution in [3.63, 3.8) is 0 Å². The number of carbonyl (C=O) groups is 4. The van der Waals surface area contributed by atoms with E-state index in [2.05, 4.69) is 0 Å². The third-order valence-corrected chi connectivity index (χ3v) is 4.05. The topological polar surface area (TPSA) is 74.8 Å². The first-order valence-corrected chi connectivity index (χ1v) is 8.59. The molecular weight excluding hydrogens is 320 g/mol. The highest BCUT2D eigenvalue weighted by Crippen LogP contribution is 2.30. The van der Waals surface area contributed by atoms with Gasteiger partial charge in [0.1, 0.15) is 0 Å². The number of hydrogen-bond acceptors (Lipinski definition) is 4. The van der Waals surface area contributed by atoms with Crippen LogP contribution in [-0.4, -0.2) is 46.0 Å². The average molecular weight is 354 g/mol. The molecule has 0 aromatic rings. The van der Waals surface area contributed by atoms with E-state index in [1.54, 1.807) is 55.4 Å². The second kappa shape index (κ2) is 7.67. The predicted molar refractivity (Wildman–Crippen MR) is 97.5 cm³/mol. The summed E-state index contributed by atoms with van der Waals surface area (Å²) < 4.78 is 0. The predicted octanol–water partition coefficient (Wildman–Crippen LogP) is 3.00. The number of imide groups is 2. The summed E-state index contributed by atoms with van der Waals surface area (Å²) in [5.74, 6) is -1.23. The first kappa shape index (κ1) is 23.3. The molecule has 0 heterocycles. The van der Waals surface area contributed by atoms with Gasteiger partial charge >= 0.3 is 0 Å². The lowest BCUT2D eigenvalue weighted by Gasteiger charge is -2.38. The maximum Gasteiger partial charge on any atom is 0.235 e. The van der Waals surface area contributed by atoms with Gasteiger partial charge in [0.05, 0.1) is 0 Å². The summed E-state index contributed by atoms with van der Waals surface area (Å²) in [6.07, 6.45) is 0.319. The number of rotatable bonds is 4. The van der Waals surface area contributed by atoms with Crippen molar-refractivity contribution >= 4 is 23.6 Å². The summed E-state index contributed by atoms with van der Waals surface area (Å²) in [5, 5.41) is 0. The van der Waals surface area contributed by atoms with Crippen LogP contribution in [0.1, 0.15) is 75.2 Å². The molecule has 0 unspecified atom stereocenters. The minimum absolute atomic E-state index is 0.0624. The van der Waals surface area contributed by atoms with Crippen LogP contribution in [0, 0.1) is 10.8 Å². The quantitative estimate of drug-likeness (QED) is 0.778. The second-order valence-corrected chi connectivity index (χ2v) is 9.22. The molecule has 0 aromatic heterocycles. The maximum atomic E-state index is 12.8. The molecule has 0 saturated heterocycles. The van der Waals surface area contributed by atoms with Crippen LogP contribution in [0.5, 0.6) is 0 Å². The Labute approximate surface area is 151 Å². The van der Waals surface area contributed by atoms with Crippen molar-refractivity contribution in [1.82, 2.24) is 9.80 Å². The Hall–Kier alpha value is -1.72. The van der Waals surface area contributed by atoms with Gasteiger partial charge in [0, 0.05) is 36.8 Å². The van der Waals surface area contributed by atoms with Crippen molar-refractivity contribution in [3.8, 4) is 0 Å². The Morgan fingerprint density at radius 1 is 0.800 bits per heavy atom. The first-order valence-electron chi connectivity index (χ1n) is 8.59.